The molecule has 2 heterocycles. The number of para-hydroxylation sites is 1. The highest BCUT2D eigenvalue weighted by Gasteiger charge is 2.25. The predicted molar refractivity (Wildman–Crippen MR) is 141 cm³/mol. The largest absolute Gasteiger partial charge is 0.334 e. The molecule has 37 heavy (non-hydrogen) atoms. The van der Waals surface area contributed by atoms with Gasteiger partial charge in [-0.2, -0.15) is 0 Å². The maximum absolute atomic E-state index is 14.4. The molecule has 6 nitrogen and oxygen atoms in total. The summed E-state index contributed by atoms with van der Waals surface area (Å²) in [5.41, 5.74) is 1.94. The summed E-state index contributed by atoms with van der Waals surface area (Å²) in [5, 5.41) is 0.849. The first-order valence-electron chi connectivity index (χ1n) is 12.9. The number of hydrogen-bond acceptors (Lipinski definition) is 4. The Morgan fingerprint density at radius 2 is 1.68 bits per heavy atom. The van der Waals surface area contributed by atoms with Gasteiger partial charge in [-0.3, -0.25) is 14.6 Å². The van der Waals surface area contributed by atoms with Crippen molar-refractivity contribution in [1.29, 1.82) is 0 Å². The van der Waals surface area contributed by atoms with Gasteiger partial charge in [-0.25, -0.2) is 8.78 Å². The van der Waals surface area contributed by atoms with Crippen LogP contribution in [0.1, 0.15) is 56.0 Å². The minimum Gasteiger partial charge on any atom is -0.334 e. The quantitative estimate of drug-likeness (QED) is 0.475. The van der Waals surface area contributed by atoms with Gasteiger partial charge in [0.15, 0.2) is 11.6 Å². The Labute approximate surface area is 216 Å². The highest BCUT2D eigenvalue weighted by molar-refractivity contribution is 5.97. The average Bonchev–Trinajstić information content (AvgIpc) is 2.89. The molecule has 0 N–H and O–H groups in total. The van der Waals surface area contributed by atoms with E-state index in [0.29, 0.717) is 42.4 Å². The lowest BCUT2D eigenvalue weighted by Gasteiger charge is -2.33. The van der Waals surface area contributed by atoms with Crippen LogP contribution in [0.3, 0.4) is 0 Å². The van der Waals surface area contributed by atoms with E-state index in [2.05, 4.69) is 23.7 Å². The number of carbonyl (C=O) groups excluding carboxylic acids is 2. The van der Waals surface area contributed by atoms with Gasteiger partial charge >= 0.3 is 0 Å². The SMILES string of the molecule is CCC(=O)N1CCCN(C(C)C)CCCN(C(=O)c2cnc3ccccc3c2)Cc2cc(F)c(F)cc21. The zero-order valence-corrected chi connectivity index (χ0v) is 21.7. The molecule has 8 heteroatoms. The molecule has 1 aliphatic rings. The number of nitrogens with zero attached hydrogens (tertiary/aromatic N) is 4. The summed E-state index contributed by atoms with van der Waals surface area (Å²) in [4.78, 5) is 36.6. The number of fused-ring (bicyclic) bond motifs is 2. The number of aromatic nitrogens is 1. The van der Waals surface area contributed by atoms with Gasteiger partial charge in [-0.05, 0) is 50.5 Å². The molecule has 1 aromatic heterocycles. The van der Waals surface area contributed by atoms with Gasteiger partial charge in [0.1, 0.15) is 0 Å². The Balaban J connectivity index is 1.76. The third-order valence-corrected chi connectivity index (χ3v) is 6.93. The Morgan fingerprint density at radius 1 is 0.973 bits per heavy atom. The number of anilines is 1. The van der Waals surface area contributed by atoms with Gasteiger partial charge in [0.25, 0.3) is 5.91 Å². The third kappa shape index (κ3) is 6.13. The molecule has 4 rings (SSSR count). The first-order chi connectivity index (χ1) is 17.8. The van der Waals surface area contributed by atoms with Crippen molar-refractivity contribution in [3.05, 3.63) is 71.4 Å². The van der Waals surface area contributed by atoms with Crippen LogP contribution < -0.4 is 4.90 Å². The minimum absolute atomic E-state index is 0.0490. The fourth-order valence-corrected chi connectivity index (χ4v) is 4.88. The van der Waals surface area contributed by atoms with E-state index in [1.54, 1.807) is 24.1 Å². The van der Waals surface area contributed by atoms with Gasteiger partial charge < -0.3 is 14.7 Å². The summed E-state index contributed by atoms with van der Waals surface area (Å²) in [6.07, 6.45) is 3.22. The number of benzene rings is 2. The molecule has 3 aromatic rings. The van der Waals surface area contributed by atoms with Crippen molar-refractivity contribution < 1.29 is 18.4 Å². The summed E-state index contributed by atoms with van der Waals surface area (Å²) in [6, 6.07) is 11.9. The van der Waals surface area contributed by atoms with E-state index in [1.807, 2.05) is 24.3 Å². The summed E-state index contributed by atoms with van der Waals surface area (Å²) < 4.78 is 28.9. The van der Waals surface area contributed by atoms with E-state index in [4.69, 9.17) is 0 Å². The van der Waals surface area contributed by atoms with Crippen LogP contribution in [0.2, 0.25) is 0 Å². The molecule has 0 radical (unpaired) electrons. The number of hydrogen-bond donors (Lipinski definition) is 0. The molecule has 2 aromatic carbocycles. The number of pyridine rings is 1. The minimum atomic E-state index is -1.01. The molecular formula is C29H34F2N4O2. The van der Waals surface area contributed by atoms with Crippen LogP contribution in [-0.2, 0) is 11.3 Å². The standard InChI is InChI=1S/C29H34F2N4O2/c1-4-28(36)35-14-8-12-33(20(2)3)11-7-13-34(19-23-16-24(30)25(31)17-27(23)35)29(37)22-15-21-9-5-6-10-26(21)32-18-22/h5-6,9-10,15-18,20H,4,7-8,11-14,19H2,1-3H3. The average molecular weight is 509 g/mol. The van der Waals surface area contributed by atoms with E-state index >= 15 is 0 Å². The lowest BCUT2D eigenvalue weighted by atomic mass is 10.1. The van der Waals surface area contributed by atoms with Gasteiger partial charge in [0.05, 0.1) is 16.8 Å². The van der Waals surface area contributed by atoms with Crippen LogP contribution in [0.5, 0.6) is 0 Å². The van der Waals surface area contributed by atoms with Gasteiger partial charge in [-0.15, -0.1) is 0 Å². The topological polar surface area (TPSA) is 56.8 Å². The molecule has 0 atom stereocenters. The maximum atomic E-state index is 14.4. The second-order valence-electron chi connectivity index (χ2n) is 9.77. The highest BCUT2D eigenvalue weighted by atomic mass is 19.2. The van der Waals surface area contributed by atoms with E-state index in [9.17, 15) is 18.4 Å². The highest BCUT2D eigenvalue weighted by Crippen LogP contribution is 2.28. The summed E-state index contributed by atoms with van der Waals surface area (Å²) in [5.74, 6) is -2.42. The van der Waals surface area contributed by atoms with Crippen LogP contribution in [0.4, 0.5) is 14.5 Å². The number of halogens is 2. The lowest BCUT2D eigenvalue weighted by molar-refractivity contribution is -0.118. The molecule has 0 bridgehead atoms. The lowest BCUT2D eigenvalue weighted by Crippen LogP contribution is -2.40. The van der Waals surface area contributed by atoms with Crippen molar-refractivity contribution in [1.82, 2.24) is 14.8 Å². The van der Waals surface area contributed by atoms with Crippen molar-refractivity contribution >= 4 is 28.4 Å². The first-order valence-corrected chi connectivity index (χ1v) is 12.9. The Kier molecular flexibility index (Phi) is 8.48. The van der Waals surface area contributed by atoms with E-state index in [0.717, 1.165) is 42.5 Å². The smallest absolute Gasteiger partial charge is 0.255 e. The predicted octanol–water partition coefficient (Wildman–Crippen LogP) is 5.40. The van der Waals surface area contributed by atoms with Crippen LogP contribution in [0.25, 0.3) is 10.9 Å². The molecule has 196 valence electrons. The normalized spacial score (nSPS) is 15.8. The summed E-state index contributed by atoms with van der Waals surface area (Å²) in [7, 11) is 0. The molecule has 2 amide bonds. The first kappa shape index (κ1) is 26.7. The molecule has 1 aliphatic heterocycles. The molecule has 0 aliphatic carbocycles. The fraction of sp³-hybridized carbons (Fsp3) is 0.414. The monoisotopic (exact) mass is 508 g/mol. The molecule has 0 unspecified atom stereocenters. The molecule has 0 fully saturated rings. The molecule has 0 saturated heterocycles. The molecular weight excluding hydrogens is 474 g/mol. The third-order valence-electron chi connectivity index (χ3n) is 6.93. The zero-order chi connectivity index (χ0) is 26.5. The van der Waals surface area contributed by atoms with Crippen LogP contribution in [-0.4, -0.2) is 58.8 Å². The fourth-order valence-electron chi connectivity index (χ4n) is 4.88. The van der Waals surface area contributed by atoms with Crippen LogP contribution >= 0.6 is 0 Å². The zero-order valence-electron chi connectivity index (χ0n) is 21.7. The Morgan fingerprint density at radius 3 is 2.41 bits per heavy atom. The van der Waals surface area contributed by atoms with E-state index < -0.39 is 11.6 Å². The van der Waals surface area contributed by atoms with Crippen LogP contribution in [0.15, 0.2) is 48.7 Å². The number of amides is 2. The van der Waals surface area contributed by atoms with Crippen molar-refractivity contribution in [3.63, 3.8) is 0 Å². The van der Waals surface area contributed by atoms with Crippen molar-refractivity contribution in [2.75, 3.05) is 31.1 Å². The van der Waals surface area contributed by atoms with E-state index in [-0.39, 0.29) is 24.8 Å². The van der Waals surface area contributed by atoms with Crippen molar-refractivity contribution in [2.24, 2.45) is 0 Å². The number of carbonyl (C=O) groups is 2. The maximum Gasteiger partial charge on any atom is 0.255 e. The van der Waals surface area contributed by atoms with Crippen molar-refractivity contribution in [3.8, 4) is 0 Å². The van der Waals surface area contributed by atoms with E-state index in [1.165, 1.54) is 4.90 Å². The van der Waals surface area contributed by atoms with Crippen molar-refractivity contribution in [2.45, 2.75) is 52.6 Å². The van der Waals surface area contributed by atoms with Gasteiger partial charge in [-0.1, -0.05) is 25.1 Å². The molecule has 0 saturated carbocycles. The van der Waals surface area contributed by atoms with Gasteiger partial charge in [0.2, 0.25) is 5.91 Å². The van der Waals surface area contributed by atoms with Gasteiger partial charge in [0, 0.05) is 62.8 Å². The Bertz CT molecular complexity index is 1280. The summed E-state index contributed by atoms with van der Waals surface area (Å²) >= 11 is 0. The molecule has 0 spiro atoms. The van der Waals surface area contributed by atoms with Crippen LogP contribution in [0, 0.1) is 11.6 Å². The second-order valence-corrected chi connectivity index (χ2v) is 9.77. The Hall–Kier alpha value is -3.39. The second kappa shape index (κ2) is 11.8. The summed E-state index contributed by atoms with van der Waals surface area (Å²) in [6.45, 7) is 8.40. The number of rotatable bonds is 3.